The number of hydrogen-bond acceptors (Lipinski definition) is 7. The highest BCUT2D eigenvalue weighted by atomic mass is 32.2. The molecule has 0 aliphatic heterocycles. The lowest BCUT2D eigenvalue weighted by molar-refractivity contribution is 0.431. The van der Waals surface area contributed by atoms with Gasteiger partial charge in [0, 0.05) is 11.5 Å². The molecular weight excluding hydrogens is 274 g/mol. The normalized spacial score (nSPS) is 14.6. The predicted octanol–water partition coefficient (Wildman–Crippen LogP) is 2.70. The van der Waals surface area contributed by atoms with Crippen molar-refractivity contribution >= 4 is 17.6 Å². The topological polar surface area (TPSA) is 89.9 Å². The van der Waals surface area contributed by atoms with Crippen LogP contribution in [0.3, 0.4) is 0 Å². The lowest BCUT2D eigenvalue weighted by atomic mass is 10.3. The molecule has 2 aromatic heterocycles. The first-order valence-electron chi connectivity index (χ1n) is 6.55. The maximum Gasteiger partial charge on any atom is 0.262 e. The Hall–Kier alpha value is -1.60. The van der Waals surface area contributed by atoms with E-state index in [4.69, 9.17) is 10.3 Å². The number of nitrogens with two attached hydrogens (primary N) is 1. The molecule has 1 aliphatic carbocycles. The minimum Gasteiger partial charge on any atom is -0.436 e. The third-order valence-corrected chi connectivity index (χ3v) is 4.33. The van der Waals surface area contributed by atoms with E-state index >= 15 is 0 Å². The van der Waals surface area contributed by atoms with E-state index in [2.05, 4.69) is 20.4 Å². The Morgan fingerprint density at radius 2 is 1.95 bits per heavy atom. The van der Waals surface area contributed by atoms with Crippen LogP contribution in [0, 0.1) is 20.8 Å². The highest BCUT2D eigenvalue weighted by molar-refractivity contribution is 7.99. The maximum atomic E-state index is 5.60. The number of oxazole rings is 1. The molecule has 0 atom stereocenters. The monoisotopic (exact) mass is 291 g/mol. The molecule has 0 radical (unpaired) electrons. The van der Waals surface area contributed by atoms with Crippen LogP contribution in [0.25, 0.3) is 0 Å². The average molecular weight is 291 g/mol. The van der Waals surface area contributed by atoms with E-state index in [1.54, 1.807) is 0 Å². The SMILES string of the molecule is Cc1nc(Sc2nc(C3CC3)nc(NN)c2C)oc1C. The van der Waals surface area contributed by atoms with E-state index in [1.807, 2.05) is 20.8 Å². The highest BCUT2D eigenvalue weighted by Gasteiger charge is 2.28. The van der Waals surface area contributed by atoms with Gasteiger partial charge in [-0.1, -0.05) is 0 Å². The van der Waals surface area contributed by atoms with E-state index in [9.17, 15) is 0 Å². The van der Waals surface area contributed by atoms with Gasteiger partial charge in [0.25, 0.3) is 5.22 Å². The van der Waals surface area contributed by atoms with E-state index in [0.717, 1.165) is 40.7 Å². The molecule has 6 nitrogen and oxygen atoms in total. The molecule has 2 heterocycles. The quantitative estimate of drug-likeness (QED) is 0.508. The summed E-state index contributed by atoms with van der Waals surface area (Å²) in [7, 11) is 0. The molecule has 1 aliphatic rings. The summed E-state index contributed by atoms with van der Waals surface area (Å²) in [5, 5.41) is 1.45. The van der Waals surface area contributed by atoms with Gasteiger partial charge in [-0.05, 0) is 45.4 Å². The van der Waals surface area contributed by atoms with Gasteiger partial charge in [0.1, 0.15) is 22.4 Å². The van der Waals surface area contributed by atoms with Gasteiger partial charge in [-0.15, -0.1) is 0 Å². The molecule has 0 amide bonds. The van der Waals surface area contributed by atoms with Crippen molar-refractivity contribution < 1.29 is 4.42 Å². The molecule has 3 N–H and O–H groups in total. The predicted molar refractivity (Wildman–Crippen MR) is 76.7 cm³/mol. The molecule has 3 rings (SSSR count). The van der Waals surface area contributed by atoms with Gasteiger partial charge in [-0.25, -0.2) is 20.8 Å². The maximum absolute atomic E-state index is 5.60. The van der Waals surface area contributed by atoms with E-state index in [1.165, 1.54) is 11.8 Å². The van der Waals surface area contributed by atoms with Gasteiger partial charge >= 0.3 is 0 Å². The van der Waals surface area contributed by atoms with Crippen LogP contribution in [-0.2, 0) is 0 Å². The smallest absolute Gasteiger partial charge is 0.262 e. The zero-order valence-electron chi connectivity index (χ0n) is 11.7. The Labute approximate surface area is 121 Å². The van der Waals surface area contributed by atoms with Crippen LogP contribution in [0.4, 0.5) is 5.82 Å². The summed E-state index contributed by atoms with van der Waals surface area (Å²) in [5.74, 6) is 8.37. The van der Waals surface area contributed by atoms with Crippen molar-refractivity contribution in [1.82, 2.24) is 15.0 Å². The Morgan fingerprint density at radius 1 is 1.20 bits per heavy atom. The number of nitrogens with zero attached hydrogens (tertiary/aromatic N) is 3. The Morgan fingerprint density at radius 3 is 2.50 bits per heavy atom. The van der Waals surface area contributed by atoms with Crippen LogP contribution < -0.4 is 11.3 Å². The van der Waals surface area contributed by atoms with Crippen molar-refractivity contribution in [2.45, 2.75) is 49.8 Å². The van der Waals surface area contributed by atoms with Crippen molar-refractivity contribution in [3.63, 3.8) is 0 Å². The lowest BCUT2D eigenvalue weighted by Gasteiger charge is -2.10. The van der Waals surface area contributed by atoms with Crippen molar-refractivity contribution in [1.29, 1.82) is 0 Å². The van der Waals surface area contributed by atoms with Crippen LogP contribution >= 0.6 is 11.8 Å². The zero-order chi connectivity index (χ0) is 14.3. The summed E-state index contributed by atoms with van der Waals surface area (Å²) < 4.78 is 5.60. The summed E-state index contributed by atoms with van der Waals surface area (Å²) in [6.07, 6.45) is 2.29. The summed E-state index contributed by atoms with van der Waals surface area (Å²) >= 11 is 1.41. The molecule has 0 bridgehead atoms. The van der Waals surface area contributed by atoms with Gasteiger partial charge < -0.3 is 9.84 Å². The molecule has 7 heteroatoms. The van der Waals surface area contributed by atoms with Gasteiger partial charge in [-0.3, -0.25) is 0 Å². The Balaban J connectivity index is 1.96. The number of rotatable bonds is 4. The van der Waals surface area contributed by atoms with Gasteiger partial charge in [0.15, 0.2) is 0 Å². The molecule has 20 heavy (non-hydrogen) atoms. The molecule has 1 fully saturated rings. The van der Waals surface area contributed by atoms with Crippen LogP contribution in [0.1, 0.15) is 41.6 Å². The van der Waals surface area contributed by atoms with Crippen molar-refractivity contribution in [3.8, 4) is 0 Å². The van der Waals surface area contributed by atoms with Gasteiger partial charge in [-0.2, -0.15) is 0 Å². The summed E-state index contributed by atoms with van der Waals surface area (Å²) in [4.78, 5) is 13.5. The van der Waals surface area contributed by atoms with Gasteiger partial charge in [0.05, 0.1) is 5.69 Å². The molecule has 0 unspecified atom stereocenters. The fourth-order valence-electron chi connectivity index (χ4n) is 1.85. The van der Waals surface area contributed by atoms with Crippen molar-refractivity contribution in [2.24, 2.45) is 5.84 Å². The van der Waals surface area contributed by atoms with Gasteiger partial charge in [0.2, 0.25) is 0 Å². The molecule has 0 spiro atoms. The number of hydrazine groups is 1. The minimum absolute atomic E-state index is 0.468. The summed E-state index contributed by atoms with van der Waals surface area (Å²) in [6.45, 7) is 5.77. The molecular formula is C13H17N5OS. The minimum atomic E-state index is 0.468. The second-order valence-corrected chi connectivity index (χ2v) is 5.94. The fraction of sp³-hybridized carbons (Fsp3) is 0.462. The summed E-state index contributed by atoms with van der Waals surface area (Å²) in [5.41, 5.74) is 4.46. The molecule has 2 aromatic rings. The van der Waals surface area contributed by atoms with E-state index < -0.39 is 0 Å². The number of hydrogen-bond donors (Lipinski definition) is 2. The number of nitrogen functional groups attached to an aromatic ring is 1. The largest absolute Gasteiger partial charge is 0.436 e. The fourth-order valence-corrected chi connectivity index (χ4v) is 2.75. The first-order valence-corrected chi connectivity index (χ1v) is 7.37. The average Bonchev–Trinajstić information content (AvgIpc) is 3.20. The Bertz CT molecular complexity index is 631. The van der Waals surface area contributed by atoms with E-state index in [0.29, 0.717) is 17.0 Å². The van der Waals surface area contributed by atoms with Crippen LogP contribution in [0.5, 0.6) is 0 Å². The van der Waals surface area contributed by atoms with Crippen LogP contribution in [0.2, 0.25) is 0 Å². The zero-order valence-corrected chi connectivity index (χ0v) is 12.5. The third-order valence-electron chi connectivity index (χ3n) is 3.39. The third kappa shape index (κ3) is 2.51. The lowest BCUT2D eigenvalue weighted by Crippen LogP contribution is -2.13. The molecule has 106 valence electrons. The molecule has 0 saturated heterocycles. The second kappa shape index (κ2) is 5.06. The van der Waals surface area contributed by atoms with Crippen molar-refractivity contribution in [3.05, 3.63) is 22.8 Å². The standard InChI is InChI=1S/C13H17N5OS/c1-6-10(18-14)16-11(9-4-5-9)17-12(6)20-13-15-7(2)8(3)19-13/h9H,4-5,14H2,1-3H3,(H,16,17,18). The first kappa shape index (κ1) is 13.4. The number of nitrogens with one attached hydrogen (secondary N) is 1. The second-order valence-electron chi connectivity index (χ2n) is 5.00. The molecule has 0 aromatic carbocycles. The van der Waals surface area contributed by atoms with Crippen LogP contribution in [-0.4, -0.2) is 15.0 Å². The first-order chi connectivity index (χ1) is 9.58. The highest BCUT2D eigenvalue weighted by Crippen LogP contribution is 2.40. The van der Waals surface area contributed by atoms with Crippen molar-refractivity contribution in [2.75, 3.05) is 5.43 Å². The molecule has 1 saturated carbocycles. The van der Waals surface area contributed by atoms with Crippen LogP contribution in [0.15, 0.2) is 14.7 Å². The number of anilines is 1. The van der Waals surface area contributed by atoms with E-state index in [-0.39, 0.29) is 0 Å². The summed E-state index contributed by atoms with van der Waals surface area (Å²) in [6, 6.07) is 0. The number of aromatic nitrogens is 3. The number of aryl methyl sites for hydroxylation is 2. The Kier molecular flexibility index (Phi) is 3.39.